The molecule has 1 saturated heterocycles. The minimum atomic E-state index is 0.190. The fourth-order valence-electron chi connectivity index (χ4n) is 2.32. The summed E-state index contributed by atoms with van der Waals surface area (Å²) in [5.41, 5.74) is 6.40. The van der Waals surface area contributed by atoms with Crippen LogP contribution in [0.2, 0.25) is 5.02 Å². The van der Waals surface area contributed by atoms with Crippen molar-refractivity contribution in [2.75, 3.05) is 18.0 Å². The summed E-state index contributed by atoms with van der Waals surface area (Å²) in [5, 5.41) is 0.652. The molecule has 1 fully saturated rings. The van der Waals surface area contributed by atoms with Crippen molar-refractivity contribution in [3.8, 4) is 0 Å². The van der Waals surface area contributed by atoms with Crippen LogP contribution in [0.15, 0.2) is 23.1 Å². The molecule has 1 aliphatic rings. The van der Waals surface area contributed by atoms with Gasteiger partial charge >= 0.3 is 0 Å². The van der Waals surface area contributed by atoms with Gasteiger partial charge in [0.15, 0.2) is 0 Å². The molecule has 0 aliphatic carbocycles. The third kappa shape index (κ3) is 3.80. The number of thioether (sulfide) groups is 1. The molecule has 1 aromatic rings. The summed E-state index contributed by atoms with van der Waals surface area (Å²) in [6, 6.07) is 5.71. The SMILES string of the molecule is CC1CCCCN1C(=O)CSc1cc(N)ccc1Cl. The molecule has 0 radical (unpaired) electrons. The lowest BCUT2D eigenvalue weighted by Crippen LogP contribution is -2.42. The molecule has 3 nitrogen and oxygen atoms in total. The summed E-state index contributed by atoms with van der Waals surface area (Å²) in [6.07, 6.45) is 3.44. The van der Waals surface area contributed by atoms with E-state index in [0.29, 0.717) is 22.5 Å². The standard InChI is InChI=1S/C14H19ClN2OS/c1-10-4-2-3-7-17(10)14(18)9-19-13-8-11(16)5-6-12(13)15/h5-6,8,10H,2-4,7,9,16H2,1H3. The number of halogens is 1. The third-order valence-electron chi connectivity index (χ3n) is 3.43. The van der Waals surface area contributed by atoms with Gasteiger partial charge in [-0.15, -0.1) is 11.8 Å². The number of nitrogens with zero attached hydrogens (tertiary/aromatic N) is 1. The van der Waals surface area contributed by atoms with Crippen molar-refractivity contribution in [1.82, 2.24) is 4.90 Å². The Morgan fingerprint density at radius 3 is 3.05 bits per heavy atom. The molecule has 0 bridgehead atoms. The number of carbonyl (C=O) groups is 1. The van der Waals surface area contributed by atoms with Crippen LogP contribution < -0.4 is 5.73 Å². The zero-order valence-corrected chi connectivity index (χ0v) is 12.6. The zero-order valence-electron chi connectivity index (χ0n) is 11.1. The summed E-state index contributed by atoms with van der Waals surface area (Å²) in [4.78, 5) is 15.1. The average molecular weight is 299 g/mol. The van der Waals surface area contributed by atoms with Gasteiger partial charge in [-0.2, -0.15) is 0 Å². The van der Waals surface area contributed by atoms with Gasteiger partial charge in [0.1, 0.15) is 0 Å². The van der Waals surface area contributed by atoms with Crippen LogP contribution >= 0.6 is 23.4 Å². The molecule has 5 heteroatoms. The Labute approximate surface area is 123 Å². The molecule has 104 valence electrons. The largest absolute Gasteiger partial charge is 0.399 e. The topological polar surface area (TPSA) is 46.3 Å². The van der Waals surface area contributed by atoms with Crippen LogP contribution in [0.25, 0.3) is 0 Å². The summed E-state index contributed by atoms with van der Waals surface area (Å²) < 4.78 is 0. The highest BCUT2D eigenvalue weighted by Gasteiger charge is 2.23. The summed E-state index contributed by atoms with van der Waals surface area (Å²) in [6.45, 7) is 3.00. The lowest BCUT2D eigenvalue weighted by molar-refractivity contribution is -0.131. The van der Waals surface area contributed by atoms with Gasteiger partial charge in [-0.1, -0.05) is 11.6 Å². The predicted octanol–water partition coefficient (Wildman–Crippen LogP) is 3.42. The molecule has 0 aromatic heterocycles. The van der Waals surface area contributed by atoms with Gasteiger partial charge in [0.2, 0.25) is 5.91 Å². The first-order valence-corrected chi connectivity index (χ1v) is 7.91. The van der Waals surface area contributed by atoms with E-state index in [4.69, 9.17) is 17.3 Å². The quantitative estimate of drug-likeness (QED) is 0.687. The number of nitrogens with two attached hydrogens (primary N) is 1. The maximum atomic E-state index is 12.2. The third-order valence-corrected chi connectivity index (χ3v) is 4.91. The number of hydrogen-bond donors (Lipinski definition) is 1. The molecule has 2 rings (SSSR count). The fourth-order valence-corrected chi connectivity index (χ4v) is 3.47. The first kappa shape index (κ1) is 14.5. The molecule has 1 atom stereocenters. The molecule has 1 aromatic carbocycles. The molecule has 2 N–H and O–H groups in total. The van der Waals surface area contributed by atoms with Crippen molar-refractivity contribution in [2.24, 2.45) is 0 Å². The van der Waals surface area contributed by atoms with Gasteiger partial charge in [0, 0.05) is 23.2 Å². The van der Waals surface area contributed by atoms with E-state index in [1.165, 1.54) is 18.2 Å². The van der Waals surface area contributed by atoms with E-state index >= 15 is 0 Å². The lowest BCUT2D eigenvalue weighted by Gasteiger charge is -2.33. The van der Waals surface area contributed by atoms with Crippen molar-refractivity contribution in [2.45, 2.75) is 37.1 Å². The Morgan fingerprint density at radius 2 is 2.32 bits per heavy atom. The van der Waals surface area contributed by atoms with Crippen LogP contribution in [-0.4, -0.2) is 29.1 Å². The molecule has 0 saturated carbocycles. The Kier molecular flexibility index (Phi) is 4.99. The van der Waals surface area contributed by atoms with Gasteiger partial charge in [0.25, 0.3) is 0 Å². The van der Waals surface area contributed by atoms with Crippen molar-refractivity contribution < 1.29 is 4.79 Å². The maximum Gasteiger partial charge on any atom is 0.233 e. The van der Waals surface area contributed by atoms with Gasteiger partial charge < -0.3 is 10.6 Å². The molecule has 1 aliphatic heterocycles. The molecule has 1 unspecified atom stereocenters. The van der Waals surface area contributed by atoms with Crippen LogP contribution in [0.3, 0.4) is 0 Å². The van der Waals surface area contributed by atoms with E-state index in [2.05, 4.69) is 6.92 Å². The molecular formula is C14H19ClN2OS. The van der Waals surface area contributed by atoms with E-state index in [0.717, 1.165) is 24.3 Å². The van der Waals surface area contributed by atoms with Crippen molar-refractivity contribution in [1.29, 1.82) is 0 Å². The number of nitrogen functional groups attached to an aromatic ring is 1. The number of hydrogen-bond acceptors (Lipinski definition) is 3. The highest BCUT2D eigenvalue weighted by Crippen LogP contribution is 2.29. The Balaban J connectivity index is 1.94. The molecular weight excluding hydrogens is 280 g/mol. The van der Waals surface area contributed by atoms with Gasteiger partial charge in [-0.05, 0) is 44.4 Å². The number of carbonyl (C=O) groups excluding carboxylic acids is 1. The van der Waals surface area contributed by atoms with E-state index in [-0.39, 0.29) is 5.91 Å². The normalized spacial score (nSPS) is 19.5. The zero-order chi connectivity index (χ0) is 13.8. The van der Waals surface area contributed by atoms with Gasteiger partial charge in [-0.3, -0.25) is 4.79 Å². The van der Waals surface area contributed by atoms with Crippen molar-refractivity contribution in [3.05, 3.63) is 23.2 Å². The Bertz CT molecular complexity index is 467. The van der Waals surface area contributed by atoms with Gasteiger partial charge in [-0.25, -0.2) is 0 Å². The molecule has 1 heterocycles. The highest BCUT2D eigenvalue weighted by atomic mass is 35.5. The van der Waals surface area contributed by atoms with Crippen LogP contribution in [0.4, 0.5) is 5.69 Å². The number of rotatable bonds is 3. The van der Waals surface area contributed by atoms with Crippen LogP contribution in [0.5, 0.6) is 0 Å². The second kappa shape index (κ2) is 6.53. The van der Waals surface area contributed by atoms with Crippen molar-refractivity contribution in [3.63, 3.8) is 0 Å². The minimum Gasteiger partial charge on any atom is -0.399 e. The highest BCUT2D eigenvalue weighted by molar-refractivity contribution is 8.00. The first-order valence-electron chi connectivity index (χ1n) is 6.55. The predicted molar refractivity (Wildman–Crippen MR) is 81.6 cm³/mol. The monoisotopic (exact) mass is 298 g/mol. The Morgan fingerprint density at radius 1 is 1.53 bits per heavy atom. The van der Waals surface area contributed by atoms with E-state index in [9.17, 15) is 4.79 Å². The van der Waals surface area contributed by atoms with E-state index in [1.807, 2.05) is 11.0 Å². The average Bonchev–Trinajstić information content (AvgIpc) is 2.40. The number of anilines is 1. The van der Waals surface area contributed by atoms with Crippen LogP contribution in [-0.2, 0) is 4.79 Å². The van der Waals surface area contributed by atoms with Crippen molar-refractivity contribution >= 4 is 35.0 Å². The van der Waals surface area contributed by atoms with E-state index < -0.39 is 0 Å². The fraction of sp³-hybridized carbons (Fsp3) is 0.500. The summed E-state index contributed by atoms with van der Waals surface area (Å²) >= 11 is 7.55. The number of likely N-dealkylation sites (tertiary alicyclic amines) is 1. The number of benzene rings is 1. The summed E-state index contributed by atoms with van der Waals surface area (Å²) in [7, 11) is 0. The maximum absolute atomic E-state index is 12.2. The van der Waals surface area contributed by atoms with Gasteiger partial charge in [0.05, 0.1) is 10.8 Å². The second-order valence-electron chi connectivity index (χ2n) is 4.91. The minimum absolute atomic E-state index is 0.190. The smallest absolute Gasteiger partial charge is 0.233 e. The summed E-state index contributed by atoms with van der Waals surface area (Å²) in [5.74, 6) is 0.615. The second-order valence-corrected chi connectivity index (χ2v) is 6.33. The molecule has 0 spiro atoms. The number of amides is 1. The van der Waals surface area contributed by atoms with Crippen LogP contribution in [0, 0.1) is 0 Å². The molecule has 19 heavy (non-hydrogen) atoms. The Hall–Kier alpha value is -0.870. The molecule has 1 amide bonds. The van der Waals surface area contributed by atoms with E-state index in [1.54, 1.807) is 12.1 Å². The number of piperidine rings is 1. The first-order chi connectivity index (χ1) is 9.08. The van der Waals surface area contributed by atoms with Crippen LogP contribution in [0.1, 0.15) is 26.2 Å². The lowest BCUT2D eigenvalue weighted by atomic mass is 10.0.